The molecule has 2 heterocycles. The summed E-state index contributed by atoms with van der Waals surface area (Å²) in [7, 11) is 1.73. The standard InChI is InChI=1S/C16H25NO3/c1-19-11-14-10-16(12-20-14)6-8-17(9-7-16)15(18)13-4-2-3-5-13/h4,14H,2-3,5-12H2,1H3. The fourth-order valence-corrected chi connectivity index (χ4v) is 3.79. The zero-order chi connectivity index (χ0) is 14.0. The molecule has 0 aromatic rings. The summed E-state index contributed by atoms with van der Waals surface area (Å²) in [6.07, 6.45) is 8.81. The van der Waals surface area contributed by atoms with Crippen molar-refractivity contribution in [3.63, 3.8) is 0 Å². The molecule has 0 saturated carbocycles. The Morgan fingerprint density at radius 3 is 2.95 bits per heavy atom. The third-order valence-electron chi connectivity index (χ3n) is 5.07. The molecule has 0 radical (unpaired) electrons. The molecule has 0 bridgehead atoms. The van der Waals surface area contributed by atoms with Gasteiger partial charge < -0.3 is 14.4 Å². The van der Waals surface area contributed by atoms with E-state index in [1.54, 1.807) is 7.11 Å². The largest absolute Gasteiger partial charge is 0.382 e. The molecule has 0 aromatic heterocycles. The van der Waals surface area contributed by atoms with Crippen molar-refractivity contribution in [1.29, 1.82) is 0 Å². The molecule has 1 amide bonds. The van der Waals surface area contributed by atoms with E-state index in [1.165, 1.54) is 0 Å². The second-order valence-corrected chi connectivity index (χ2v) is 6.51. The van der Waals surface area contributed by atoms with Crippen LogP contribution in [0.4, 0.5) is 0 Å². The van der Waals surface area contributed by atoms with Gasteiger partial charge in [-0.15, -0.1) is 0 Å². The summed E-state index contributed by atoms with van der Waals surface area (Å²) in [5.41, 5.74) is 1.34. The maximum Gasteiger partial charge on any atom is 0.249 e. The van der Waals surface area contributed by atoms with Crippen LogP contribution in [0.25, 0.3) is 0 Å². The summed E-state index contributed by atoms with van der Waals surface area (Å²) in [6, 6.07) is 0. The normalized spacial score (nSPS) is 28.9. The van der Waals surface area contributed by atoms with E-state index in [4.69, 9.17) is 9.47 Å². The number of rotatable bonds is 3. The van der Waals surface area contributed by atoms with Crippen molar-refractivity contribution in [3.8, 4) is 0 Å². The lowest BCUT2D eigenvalue weighted by molar-refractivity contribution is -0.129. The van der Waals surface area contributed by atoms with E-state index >= 15 is 0 Å². The van der Waals surface area contributed by atoms with Gasteiger partial charge in [-0.05, 0) is 43.9 Å². The first-order valence-electron chi connectivity index (χ1n) is 7.81. The van der Waals surface area contributed by atoms with E-state index in [1.807, 2.05) is 4.90 Å². The Balaban J connectivity index is 1.53. The van der Waals surface area contributed by atoms with Crippen LogP contribution in [-0.4, -0.2) is 50.3 Å². The fraction of sp³-hybridized carbons (Fsp3) is 0.812. The molecule has 3 rings (SSSR count). The molecule has 1 aliphatic carbocycles. The van der Waals surface area contributed by atoms with Crippen LogP contribution < -0.4 is 0 Å². The van der Waals surface area contributed by atoms with Crippen molar-refractivity contribution in [2.24, 2.45) is 5.41 Å². The monoisotopic (exact) mass is 279 g/mol. The molecule has 3 aliphatic rings. The number of allylic oxidation sites excluding steroid dienone is 1. The Morgan fingerprint density at radius 1 is 1.50 bits per heavy atom. The molecule has 2 saturated heterocycles. The average molecular weight is 279 g/mol. The minimum atomic E-state index is 0.250. The van der Waals surface area contributed by atoms with E-state index in [0.29, 0.717) is 12.0 Å². The topological polar surface area (TPSA) is 38.8 Å². The summed E-state index contributed by atoms with van der Waals surface area (Å²) >= 11 is 0. The highest BCUT2D eigenvalue weighted by molar-refractivity contribution is 5.93. The van der Waals surface area contributed by atoms with Crippen LogP contribution >= 0.6 is 0 Å². The Morgan fingerprint density at radius 2 is 2.30 bits per heavy atom. The number of carbonyl (C=O) groups is 1. The second-order valence-electron chi connectivity index (χ2n) is 6.51. The van der Waals surface area contributed by atoms with Crippen LogP contribution in [0.3, 0.4) is 0 Å². The molecule has 0 N–H and O–H groups in total. The zero-order valence-corrected chi connectivity index (χ0v) is 12.4. The van der Waals surface area contributed by atoms with E-state index in [-0.39, 0.29) is 12.0 Å². The van der Waals surface area contributed by atoms with Crippen molar-refractivity contribution in [2.75, 3.05) is 33.4 Å². The van der Waals surface area contributed by atoms with Crippen LogP contribution in [-0.2, 0) is 14.3 Å². The van der Waals surface area contributed by atoms with E-state index in [9.17, 15) is 4.79 Å². The second kappa shape index (κ2) is 5.86. The molecule has 20 heavy (non-hydrogen) atoms. The number of ether oxygens (including phenoxy) is 2. The molecule has 2 aliphatic heterocycles. The maximum atomic E-state index is 12.4. The fourth-order valence-electron chi connectivity index (χ4n) is 3.79. The van der Waals surface area contributed by atoms with Crippen molar-refractivity contribution in [3.05, 3.63) is 11.6 Å². The van der Waals surface area contributed by atoms with Gasteiger partial charge in [0.15, 0.2) is 0 Å². The molecule has 1 unspecified atom stereocenters. The van der Waals surface area contributed by atoms with Crippen molar-refractivity contribution in [1.82, 2.24) is 4.90 Å². The number of likely N-dealkylation sites (tertiary alicyclic amines) is 1. The number of amides is 1. The lowest BCUT2D eigenvalue weighted by atomic mass is 9.76. The van der Waals surface area contributed by atoms with Crippen molar-refractivity contribution < 1.29 is 14.3 Å². The molecule has 2 fully saturated rings. The SMILES string of the molecule is COCC1CC2(CCN(C(=O)C3=CCCC3)CC2)CO1. The highest BCUT2D eigenvalue weighted by atomic mass is 16.5. The minimum Gasteiger partial charge on any atom is -0.382 e. The third-order valence-corrected chi connectivity index (χ3v) is 5.07. The van der Waals surface area contributed by atoms with Gasteiger partial charge in [0, 0.05) is 25.8 Å². The zero-order valence-electron chi connectivity index (χ0n) is 12.4. The van der Waals surface area contributed by atoms with Crippen molar-refractivity contribution >= 4 is 5.91 Å². The van der Waals surface area contributed by atoms with E-state index in [2.05, 4.69) is 6.08 Å². The summed E-state index contributed by atoms with van der Waals surface area (Å²) in [5.74, 6) is 0.282. The number of nitrogens with zero attached hydrogens (tertiary/aromatic N) is 1. The summed E-state index contributed by atoms with van der Waals surface area (Å²) in [6.45, 7) is 3.31. The first kappa shape index (κ1) is 14.1. The Hall–Kier alpha value is -0.870. The quantitative estimate of drug-likeness (QED) is 0.794. The number of hydrogen-bond donors (Lipinski definition) is 0. The molecule has 4 heteroatoms. The van der Waals surface area contributed by atoms with Crippen LogP contribution in [0.1, 0.15) is 38.5 Å². The highest BCUT2D eigenvalue weighted by Crippen LogP contribution is 2.42. The van der Waals surface area contributed by atoms with Gasteiger partial charge in [-0.25, -0.2) is 0 Å². The first-order chi connectivity index (χ1) is 9.72. The highest BCUT2D eigenvalue weighted by Gasteiger charge is 2.43. The number of hydrogen-bond acceptors (Lipinski definition) is 3. The number of carbonyl (C=O) groups excluding carboxylic acids is 1. The molecule has 4 nitrogen and oxygen atoms in total. The molecule has 112 valence electrons. The summed E-state index contributed by atoms with van der Waals surface area (Å²) < 4.78 is 11.0. The minimum absolute atomic E-state index is 0.250. The number of piperidine rings is 1. The molecular weight excluding hydrogens is 254 g/mol. The van der Waals surface area contributed by atoms with Crippen molar-refractivity contribution in [2.45, 2.75) is 44.6 Å². The average Bonchev–Trinajstić information content (AvgIpc) is 3.10. The van der Waals surface area contributed by atoms with Gasteiger partial charge in [0.2, 0.25) is 5.91 Å². The summed E-state index contributed by atoms with van der Waals surface area (Å²) in [4.78, 5) is 14.4. The van der Waals surface area contributed by atoms with Crippen LogP contribution in [0.5, 0.6) is 0 Å². The van der Waals surface area contributed by atoms with Crippen LogP contribution in [0, 0.1) is 5.41 Å². The van der Waals surface area contributed by atoms with Gasteiger partial charge in [-0.3, -0.25) is 4.79 Å². The predicted octanol–water partition coefficient (Wildman–Crippen LogP) is 2.14. The lowest BCUT2D eigenvalue weighted by Gasteiger charge is -2.38. The molecule has 1 spiro atoms. The molecular formula is C16H25NO3. The van der Waals surface area contributed by atoms with Crippen LogP contribution in [0.15, 0.2) is 11.6 Å². The number of methoxy groups -OCH3 is 1. The van der Waals surface area contributed by atoms with E-state index in [0.717, 1.165) is 63.8 Å². The van der Waals surface area contributed by atoms with Crippen LogP contribution in [0.2, 0.25) is 0 Å². The Kier molecular flexibility index (Phi) is 4.13. The molecule has 0 aromatic carbocycles. The van der Waals surface area contributed by atoms with Gasteiger partial charge in [0.05, 0.1) is 19.3 Å². The predicted molar refractivity (Wildman–Crippen MR) is 76.4 cm³/mol. The maximum absolute atomic E-state index is 12.4. The third kappa shape index (κ3) is 2.77. The smallest absolute Gasteiger partial charge is 0.249 e. The van der Waals surface area contributed by atoms with Gasteiger partial charge in [-0.2, -0.15) is 0 Å². The van der Waals surface area contributed by atoms with Gasteiger partial charge >= 0.3 is 0 Å². The van der Waals surface area contributed by atoms with E-state index < -0.39 is 0 Å². The van der Waals surface area contributed by atoms with Gasteiger partial charge in [0.25, 0.3) is 0 Å². The first-order valence-corrected chi connectivity index (χ1v) is 7.81. The van der Waals surface area contributed by atoms with Gasteiger partial charge in [0.1, 0.15) is 0 Å². The van der Waals surface area contributed by atoms with Gasteiger partial charge in [-0.1, -0.05) is 6.08 Å². The lowest BCUT2D eigenvalue weighted by Crippen LogP contribution is -2.44. The molecule has 1 atom stereocenters. The Bertz CT molecular complexity index is 397. The Labute approximate surface area is 121 Å². The summed E-state index contributed by atoms with van der Waals surface area (Å²) in [5, 5.41) is 0.